The zero-order valence-corrected chi connectivity index (χ0v) is 22.8. The van der Waals surface area contributed by atoms with Gasteiger partial charge in [-0.3, -0.25) is 0 Å². The Hall–Kier alpha value is -5.61. The molecule has 0 aliphatic heterocycles. The van der Waals surface area contributed by atoms with Crippen LogP contribution in [0.2, 0.25) is 0 Å². The lowest BCUT2D eigenvalue weighted by atomic mass is 10.1. The highest BCUT2D eigenvalue weighted by atomic mass is 16.5. The topological polar surface area (TPSA) is 36.2 Å². The number of carbonyl (C=O) groups excluding carboxylic acids is 1. The van der Waals surface area contributed by atoms with Crippen molar-refractivity contribution in [1.29, 1.82) is 0 Å². The van der Waals surface area contributed by atoms with E-state index in [1.54, 1.807) is 0 Å². The summed E-state index contributed by atoms with van der Waals surface area (Å²) in [6.45, 7) is 0.188. The van der Waals surface area contributed by atoms with E-state index in [0.717, 1.165) is 60.5 Å². The van der Waals surface area contributed by atoms with Crippen LogP contribution in [0.3, 0.4) is 0 Å². The zero-order chi connectivity index (χ0) is 28.0. The van der Waals surface area contributed by atoms with Crippen molar-refractivity contribution in [2.45, 2.75) is 6.61 Å². The number of nitrogens with zero attached hydrogens (tertiary/aromatic N) is 2. The second-order valence-electron chi connectivity index (χ2n) is 10.5. The fourth-order valence-corrected chi connectivity index (χ4v) is 6.27. The number of fused-ring (bicyclic) bond motifs is 6. The lowest BCUT2D eigenvalue weighted by Gasteiger charge is -2.19. The molecule has 0 aliphatic carbocycles. The molecule has 0 saturated heterocycles. The van der Waals surface area contributed by atoms with Gasteiger partial charge in [-0.15, -0.1) is 0 Å². The molecule has 4 nitrogen and oxygen atoms in total. The summed E-state index contributed by atoms with van der Waals surface area (Å²) in [4.78, 5) is 14.3. The maximum absolute atomic E-state index is 14.3. The van der Waals surface area contributed by atoms with Gasteiger partial charge in [0.25, 0.3) is 0 Å². The molecule has 0 aliphatic rings. The standard InChI is InChI=1S/C38H26N2O2/c41-38(42-25-26-13-2-1-3-14-26)37-35(39-31-19-8-4-15-27(31)28-16-5-9-20-32(28)39)23-12-24-36(37)40-33-21-10-6-17-29(33)30-18-7-11-22-34(30)40/h1-24H,25H2. The quantitative estimate of drug-likeness (QED) is 0.203. The Morgan fingerprint density at radius 3 is 1.26 bits per heavy atom. The summed E-state index contributed by atoms with van der Waals surface area (Å²) < 4.78 is 10.5. The van der Waals surface area contributed by atoms with Crippen molar-refractivity contribution in [3.63, 3.8) is 0 Å². The molecule has 0 spiro atoms. The molecule has 200 valence electrons. The summed E-state index contributed by atoms with van der Waals surface area (Å²) in [5.74, 6) is -0.367. The summed E-state index contributed by atoms with van der Waals surface area (Å²) in [5.41, 5.74) is 7.18. The highest BCUT2D eigenvalue weighted by Gasteiger charge is 2.25. The third-order valence-electron chi connectivity index (χ3n) is 8.08. The van der Waals surface area contributed by atoms with Gasteiger partial charge in [-0.25, -0.2) is 4.79 Å². The van der Waals surface area contributed by atoms with Crippen LogP contribution in [-0.4, -0.2) is 15.1 Å². The summed E-state index contributed by atoms with van der Waals surface area (Å²) in [5, 5.41) is 4.55. The van der Waals surface area contributed by atoms with E-state index in [0.29, 0.717) is 5.56 Å². The molecule has 0 saturated carbocycles. The lowest BCUT2D eigenvalue weighted by Crippen LogP contribution is -2.14. The van der Waals surface area contributed by atoms with Crippen LogP contribution < -0.4 is 0 Å². The highest BCUT2D eigenvalue weighted by Crippen LogP contribution is 2.38. The van der Waals surface area contributed by atoms with Crippen LogP contribution in [-0.2, 0) is 11.3 Å². The van der Waals surface area contributed by atoms with Crippen LogP contribution >= 0.6 is 0 Å². The molecule has 4 heteroatoms. The van der Waals surface area contributed by atoms with Crippen LogP contribution in [0.4, 0.5) is 0 Å². The predicted octanol–water partition coefficient (Wildman–Crippen LogP) is 9.24. The van der Waals surface area contributed by atoms with E-state index < -0.39 is 0 Å². The van der Waals surface area contributed by atoms with Gasteiger partial charge >= 0.3 is 5.97 Å². The van der Waals surface area contributed by atoms with Gasteiger partial charge in [0.15, 0.2) is 0 Å². The number of para-hydroxylation sites is 4. The predicted molar refractivity (Wildman–Crippen MR) is 171 cm³/mol. The number of hydrogen-bond donors (Lipinski definition) is 0. The van der Waals surface area contributed by atoms with E-state index in [2.05, 4.69) is 81.9 Å². The van der Waals surface area contributed by atoms with Gasteiger partial charge in [0.2, 0.25) is 0 Å². The summed E-state index contributed by atoms with van der Waals surface area (Å²) >= 11 is 0. The van der Waals surface area contributed by atoms with Gasteiger partial charge < -0.3 is 13.9 Å². The smallest absolute Gasteiger partial charge is 0.342 e. The number of hydrogen-bond acceptors (Lipinski definition) is 2. The van der Waals surface area contributed by atoms with Gasteiger partial charge in [0.1, 0.15) is 12.2 Å². The molecular formula is C38H26N2O2. The average molecular weight is 543 g/mol. The maximum Gasteiger partial charge on any atom is 0.342 e. The van der Waals surface area contributed by atoms with Crippen molar-refractivity contribution >= 4 is 49.6 Å². The maximum atomic E-state index is 14.3. The Bertz CT molecular complexity index is 2040. The Morgan fingerprint density at radius 2 is 0.833 bits per heavy atom. The molecule has 8 aromatic rings. The Balaban J connectivity index is 1.44. The third-order valence-corrected chi connectivity index (χ3v) is 8.08. The van der Waals surface area contributed by atoms with Gasteiger partial charge in [-0.05, 0) is 42.0 Å². The molecule has 0 radical (unpaired) electrons. The van der Waals surface area contributed by atoms with E-state index in [1.807, 2.05) is 72.8 Å². The molecule has 2 aromatic heterocycles. The van der Waals surface area contributed by atoms with Crippen LogP contribution in [0.15, 0.2) is 146 Å². The van der Waals surface area contributed by atoms with Crippen molar-refractivity contribution in [2.24, 2.45) is 0 Å². The summed E-state index contributed by atoms with van der Waals surface area (Å²) in [6.07, 6.45) is 0. The van der Waals surface area contributed by atoms with Crippen LogP contribution in [0, 0.1) is 0 Å². The van der Waals surface area contributed by atoms with E-state index in [-0.39, 0.29) is 12.6 Å². The minimum Gasteiger partial charge on any atom is -0.457 e. The molecule has 0 amide bonds. The fraction of sp³-hybridized carbons (Fsp3) is 0.0263. The molecule has 0 atom stereocenters. The molecule has 8 rings (SSSR count). The van der Waals surface area contributed by atoms with Crippen LogP contribution in [0.1, 0.15) is 15.9 Å². The molecule has 0 unspecified atom stereocenters. The van der Waals surface area contributed by atoms with E-state index in [4.69, 9.17) is 4.74 Å². The third kappa shape index (κ3) is 3.73. The van der Waals surface area contributed by atoms with Gasteiger partial charge in [-0.2, -0.15) is 0 Å². The average Bonchev–Trinajstić information content (AvgIpc) is 3.57. The Morgan fingerprint density at radius 1 is 0.452 bits per heavy atom. The van der Waals surface area contributed by atoms with Crippen molar-refractivity contribution in [3.8, 4) is 11.4 Å². The van der Waals surface area contributed by atoms with Crippen LogP contribution in [0.25, 0.3) is 55.0 Å². The first-order valence-electron chi connectivity index (χ1n) is 14.1. The number of aromatic nitrogens is 2. The normalized spacial score (nSPS) is 11.5. The molecule has 42 heavy (non-hydrogen) atoms. The van der Waals surface area contributed by atoms with Crippen LogP contribution in [0.5, 0.6) is 0 Å². The van der Waals surface area contributed by atoms with E-state index >= 15 is 0 Å². The largest absolute Gasteiger partial charge is 0.457 e. The Kier molecular flexibility index (Phi) is 5.64. The van der Waals surface area contributed by atoms with Gasteiger partial charge in [-0.1, -0.05) is 109 Å². The second-order valence-corrected chi connectivity index (χ2v) is 10.5. The van der Waals surface area contributed by atoms with Crippen molar-refractivity contribution in [1.82, 2.24) is 9.13 Å². The fourth-order valence-electron chi connectivity index (χ4n) is 6.27. The first-order valence-corrected chi connectivity index (χ1v) is 14.1. The first-order chi connectivity index (χ1) is 20.8. The molecule has 2 heterocycles. The Labute approximate surface area is 242 Å². The second kappa shape index (κ2) is 9.79. The van der Waals surface area contributed by atoms with Crippen molar-refractivity contribution in [2.75, 3.05) is 0 Å². The molecule has 6 aromatic carbocycles. The zero-order valence-electron chi connectivity index (χ0n) is 22.8. The first kappa shape index (κ1) is 24.2. The summed E-state index contributed by atoms with van der Waals surface area (Å²) in [7, 11) is 0. The molecular weight excluding hydrogens is 516 g/mol. The van der Waals surface area contributed by atoms with Gasteiger partial charge in [0, 0.05) is 21.5 Å². The molecule has 0 N–H and O–H groups in total. The van der Waals surface area contributed by atoms with E-state index in [1.165, 1.54) is 0 Å². The van der Waals surface area contributed by atoms with Gasteiger partial charge in [0.05, 0.1) is 33.4 Å². The van der Waals surface area contributed by atoms with Crippen molar-refractivity contribution < 1.29 is 9.53 Å². The van der Waals surface area contributed by atoms with E-state index in [9.17, 15) is 4.79 Å². The minimum absolute atomic E-state index is 0.188. The number of benzene rings is 6. The SMILES string of the molecule is O=C(OCc1ccccc1)c1c(-n2c3ccccc3c3ccccc32)cccc1-n1c2ccccc2c2ccccc21. The monoisotopic (exact) mass is 542 g/mol. The number of esters is 1. The van der Waals surface area contributed by atoms with Crippen molar-refractivity contribution in [3.05, 3.63) is 157 Å². The summed E-state index contributed by atoms with van der Waals surface area (Å²) in [6, 6.07) is 49.3. The number of rotatable bonds is 5. The minimum atomic E-state index is -0.367. The highest BCUT2D eigenvalue weighted by molar-refractivity contribution is 6.12. The number of carbonyl (C=O) groups is 1. The molecule has 0 fully saturated rings. The lowest BCUT2D eigenvalue weighted by molar-refractivity contribution is 0.0473. The number of ether oxygens (including phenoxy) is 1. The molecule has 0 bridgehead atoms.